The Kier molecular flexibility index (Phi) is 7.57. The van der Waals surface area contributed by atoms with Crippen LogP contribution in [0.5, 0.6) is 5.88 Å². The van der Waals surface area contributed by atoms with Crippen molar-refractivity contribution >= 4 is 18.5 Å². The first kappa shape index (κ1) is 24.1. The fraction of sp³-hybridized carbons (Fsp3) is 0.348. The Balaban J connectivity index is 1.81. The van der Waals surface area contributed by atoms with Gasteiger partial charge in [-0.3, -0.25) is 4.79 Å². The largest absolute Gasteiger partial charge is 0.471 e. The zero-order chi connectivity index (χ0) is 24.0. The highest BCUT2D eigenvalue weighted by Crippen LogP contribution is 2.28. The number of halogens is 3. The molecule has 3 rings (SSSR count). The van der Waals surface area contributed by atoms with E-state index in [0.717, 1.165) is 6.20 Å². The zero-order valence-electron chi connectivity index (χ0n) is 18.3. The number of carbonyl (C=O) groups excluding carboxylic acids is 1. The predicted octanol–water partition coefficient (Wildman–Crippen LogP) is 4.55. The van der Waals surface area contributed by atoms with Gasteiger partial charge in [0.1, 0.15) is 6.10 Å². The smallest absolute Gasteiger partial charge is 0.434 e. The van der Waals surface area contributed by atoms with Crippen LogP contribution in [-0.4, -0.2) is 52.0 Å². The number of amidine groups is 1. The lowest BCUT2D eigenvalue weighted by molar-refractivity contribution is -0.141. The van der Waals surface area contributed by atoms with Crippen LogP contribution < -0.4 is 4.74 Å². The Morgan fingerprint density at radius 1 is 1.24 bits per heavy atom. The first-order valence-electron chi connectivity index (χ1n) is 10.4. The number of hydrogen-bond acceptors (Lipinski definition) is 5. The summed E-state index contributed by atoms with van der Waals surface area (Å²) in [4.78, 5) is 30.5. The molecule has 33 heavy (non-hydrogen) atoms. The van der Waals surface area contributed by atoms with Crippen LogP contribution in [0.4, 0.5) is 13.2 Å². The molecule has 0 saturated carbocycles. The molecule has 0 spiro atoms. The maximum absolute atomic E-state index is 13.5. The third-order valence-electron chi connectivity index (χ3n) is 5.26. The van der Waals surface area contributed by atoms with Crippen molar-refractivity contribution in [3.8, 4) is 5.88 Å². The van der Waals surface area contributed by atoms with Crippen molar-refractivity contribution in [2.75, 3.05) is 6.54 Å². The third kappa shape index (κ3) is 5.63. The topological polar surface area (TPSA) is 80.0 Å². The molecule has 2 aromatic rings. The standard InChI is InChI=1S/C23H24F3N5O2/c1-4-11-28-21(27-3)16-8-5-6-9-17(16)22(32)31-12-7-10-18(15(31)2)33-20-14-29-19(13-30-20)23(24,25)26/h4-6,8-9,11,13-15,18H,3,7,10,12H2,1-2H3. The maximum Gasteiger partial charge on any atom is 0.434 e. The van der Waals surface area contributed by atoms with Gasteiger partial charge in [0.05, 0.1) is 24.0 Å². The van der Waals surface area contributed by atoms with Crippen molar-refractivity contribution < 1.29 is 22.7 Å². The van der Waals surface area contributed by atoms with E-state index in [4.69, 9.17) is 4.74 Å². The number of allylic oxidation sites excluding steroid dienone is 1. The van der Waals surface area contributed by atoms with E-state index in [9.17, 15) is 18.0 Å². The van der Waals surface area contributed by atoms with Gasteiger partial charge in [0.2, 0.25) is 5.88 Å². The van der Waals surface area contributed by atoms with Crippen molar-refractivity contribution in [1.29, 1.82) is 0 Å². The molecular formula is C23H24F3N5O2. The molecule has 2 heterocycles. The second-order valence-electron chi connectivity index (χ2n) is 7.41. The average Bonchev–Trinajstić information content (AvgIpc) is 2.80. The number of carbonyl (C=O) groups is 1. The van der Waals surface area contributed by atoms with E-state index >= 15 is 0 Å². The Bertz CT molecular complexity index is 1050. The molecule has 1 aromatic heterocycles. The van der Waals surface area contributed by atoms with Crippen LogP contribution >= 0.6 is 0 Å². The molecule has 1 saturated heterocycles. The number of alkyl halides is 3. The summed E-state index contributed by atoms with van der Waals surface area (Å²) < 4.78 is 44.0. The number of nitrogens with zero attached hydrogens (tertiary/aromatic N) is 5. The summed E-state index contributed by atoms with van der Waals surface area (Å²) in [6.45, 7) is 7.72. The molecule has 1 fully saturated rings. The van der Waals surface area contributed by atoms with Crippen LogP contribution in [0.1, 0.15) is 48.3 Å². The lowest BCUT2D eigenvalue weighted by atomic mass is 9.97. The van der Waals surface area contributed by atoms with E-state index in [1.807, 2.05) is 13.8 Å². The first-order valence-corrected chi connectivity index (χ1v) is 10.4. The van der Waals surface area contributed by atoms with Crippen molar-refractivity contribution in [3.63, 3.8) is 0 Å². The zero-order valence-corrected chi connectivity index (χ0v) is 18.3. The second kappa shape index (κ2) is 10.4. The highest BCUT2D eigenvalue weighted by Gasteiger charge is 2.35. The molecule has 10 heteroatoms. The second-order valence-corrected chi connectivity index (χ2v) is 7.41. The van der Waals surface area contributed by atoms with Crippen molar-refractivity contribution in [2.24, 2.45) is 9.98 Å². The first-order chi connectivity index (χ1) is 15.8. The van der Waals surface area contributed by atoms with Gasteiger partial charge in [-0.25, -0.2) is 20.0 Å². The molecular weight excluding hydrogens is 435 g/mol. The highest BCUT2D eigenvalue weighted by molar-refractivity contribution is 6.10. The normalized spacial score (nSPS) is 19.5. The Morgan fingerprint density at radius 2 is 1.97 bits per heavy atom. The van der Waals surface area contributed by atoms with Gasteiger partial charge in [0.25, 0.3) is 5.91 Å². The Hall–Kier alpha value is -3.56. The molecule has 174 valence electrons. The Morgan fingerprint density at radius 3 is 2.58 bits per heavy atom. The molecule has 1 aromatic carbocycles. The third-order valence-corrected chi connectivity index (χ3v) is 5.26. The summed E-state index contributed by atoms with van der Waals surface area (Å²) >= 11 is 0. The van der Waals surface area contributed by atoms with Gasteiger partial charge in [-0.05, 0) is 39.5 Å². The molecule has 1 amide bonds. The molecule has 0 N–H and O–H groups in total. The number of aromatic nitrogens is 2. The molecule has 0 radical (unpaired) electrons. The van der Waals surface area contributed by atoms with Crippen LogP contribution in [0, 0.1) is 0 Å². The Labute approximate surface area is 189 Å². The SMILES string of the molecule is C=NC(=NC=CC)c1ccccc1C(=O)N1CCCC(Oc2cnc(C(F)(F)F)cn2)C1C. The minimum atomic E-state index is -4.57. The molecule has 2 unspecified atom stereocenters. The number of benzene rings is 1. The number of ether oxygens (including phenoxy) is 1. The van der Waals surface area contributed by atoms with Gasteiger partial charge in [-0.1, -0.05) is 24.3 Å². The molecule has 7 nitrogen and oxygen atoms in total. The van der Waals surface area contributed by atoms with E-state index in [2.05, 4.69) is 26.7 Å². The number of likely N-dealkylation sites (tertiary alicyclic amines) is 1. The molecule has 1 aliphatic rings. The number of aliphatic imine (C=N–C) groups is 2. The van der Waals surface area contributed by atoms with Gasteiger partial charge in [0.15, 0.2) is 11.5 Å². The number of amides is 1. The summed E-state index contributed by atoms with van der Waals surface area (Å²) in [5.41, 5.74) is -0.111. The molecule has 0 aliphatic carbocycles. The summed E-state index contributed by atoms with van der Waals surface area (Å²) in [6.07, 6.45) is 1.16. The van der Waals surface area contributed by atoms with E-state index in [0.29, 0.717) is 42.5 Å². The van der Waals surface area contributed by atoms with Gasteiger partial charge in [0, 0.05) is 18.3 Å². The average molecular weight is 459 g/mol. The van der Waals surface area contributed by atoms with Crippen LogP contribution in [0.15, 0.2) is 58.9 Å². The van der Waals surface area contributed by atoms with E-state index < -0.39 is 18.0 Å². The maximum atomic E-state index is 13.5. The van der Waals surface area contributed by atoms with Gasteiger partial charge >= 0.3 is 6.18 Å². The monoisotopic (exact) mass is 459 g/mol. The van der Waals surface area contributed by atoms with Gasteiger partial charge in [-0.2, -0.15) is 13.2 Å². The fourth-order valence-electron chi connectivity index (χ4n) is 3.59. The highest BCUT2D eigenvalue weighted by atomic mass is 19.4. The van der Waals surface area contributed by atoms with Crippen molar-refractivity contribution in [1.82, 2.24) is 14.9 Å². The summed E-state index contributed by atoms with van der Waals surface area (Å²) in [7, 11) is 0. The van der Waals surface area contributed by atoms with E-state index in [-0.39, 0.29) is 17.8 Å². The molecule has 1 aliphatic heterocycles. The molecule has 0 bridgehead atoms. The fourth-order valence-corrected chi connectivity index (χ4v) is 3.59. The van der Waals surface area contributed by atoms with Crippen LogP contribution in [0.3, 0.4) is 0 Å². The van der Waals surface area contributed by atoms with Crippen LogP contribution in [0.25, 0.3) is 0 Å². The van der Waals surface area contributed by atoms with Crippen LogP contribution in [-0.2, 0) is 6.18 Å². The number of rotatable bonds is 5. The van der Waals surface area contributed by atoms with Gasteiger partial charge in [-0.15, -0.1) is 0 Å². The lowest BCUT2D eigenvalue weighted by Gasteiger charge is -2.39. The van der Waals surface area contributed by atoms with Crippen molar-refractivity contribution in [3.05, 3.63) is 65.8 Å². The van der Waals surface area contributed by atoms with Gasteiger partial charge < -0.3 is 9.64 Å². The number of piperidine rings is 1. The minimum Gasteiger partial charge on any atom is -0.471 e. The van der Waals surface area contributed by atoms with E-state index in [1.165, 1.54) is 0 Å². The van der Waals surface area contributed by atoms with E-state index in [1.54, 1.807) is 41.4 Å². The predicted molar refractivity (Wildman–Crippen MR) is 119 cm³/mol. The van der Waals surface area contributed by atoms with Crippen molar-refractivity contribution in [2.45, 2.75) is 45.0 Å². The lowest BCUT2D eigenvalue weighted by Crippen LogP contribution is -2.51. The summed E-state index contributed by atoms with van der Waals surface area (Å²) in [6, 6.07) is 6.65. The number of hydrogen-bond donors (Lipinski definition) is 0. The summed E-state index contributed by atoms with van der Waals surface area (Å²) in [5.74, 6) is 0.0856. The summed E-state index contributed by atoms with van der Waals surface area (Å²) in [5, 5.41) is 0. The molecule has 2 atom stereocenters. The quantitative estimate of drug-likeness (QED) is 0.485. The minimum absolute atomic E-state index is 0.0221. The van der Waals surface area contributed by atoms with Crippen LogP contribution in [0.2, 0.25) is 0 Å².